The van der Waals surface area contributed by atoms with E-state index in [4.69, 9.17) is 4.74 Å². The summed E-state index contributed by atoms with van der Waals surface area (Å²) in [6.45, 7) is 3.22. The van der Waals surface area contributed by atoms with Gasteiger partial charge in [-0.15, -0.1) is 0 Å². The van der Waals surface area contributed by atoms with Crippen molar-refractivity contribution in [1.82, 2.24) is 10.2 Å². The van der Waals surface area contributed by atoms with Crippen molar-refractivity contribution >= 4 is 5.91 Å². The van der Waals surface area contributed by atoms with Crippen LogP contribution >= 0.6 is 0 Å². The van der Waals surface area contributed by atoms with Crippen LogP contribution in [0.25, 0.3) is 0 Å². The smallest absolute Gasteiger partial charge is 0.246 e. The van der Waals surface area contributed by atoms with E-state index in [2.05, 4.69) is 5.32 Å². The zero-order valence-corrected chi connectivity index (χ0v) is 11.5. The first-order chi connectivity index (χ1) is 8.99. The largest absolute Gasteiger partial charge is 0.494 e. The average Bonchev–Trinajstić information content (AvgIpc) is 2.53. The Morgan fingerprint density at radius 3 is 2.84 bits per heavy atom. The molecule has 104 valence electrons. The lowest BCUT2D eigenvalue weighted by Crippen LogP contribution is -2.50. The standard InChI is InChI=1S/C14H19FN2O2/c1-14(13(18)17(2)8-4-7-16-14)10-5-6-12(19-3)11(15)9-10/h5-6,9,16H,4,7-8H2,1-3H3. The Hall–Kier alpha value is -1.62. The lowest BCUT2D eigenvalue weighted by Gasteiger charge is -2.31. The van der Waals surface area contributed by atoms with Crippen LogP contribution in [-0.2, 0) is 10.3 Å². The van der Waals surface area contributed by atoms with Gasteiger partial charge < -0.3 is 9.64 Å². The fourth-order valence-electron chi connectivity index (χ4n) is 2.42. The number of hydrogen-bond acceptors (Lipinski definition) is 3. The first-order valence-corrected chi connectivity index (χ1v) is 6.33. The third-order valence-electron chi connectivity index (χ3n) is 3.65. The topological polar surface area (TPSA) is 41.6 Å². The lowest BCUT2D eigenvalue weighted by atomic mass is 9.90. The van der Waals surface area contributed by atoms with Crippen LogP contribution in [0.15, 0.2) is 18.2 Å². The Morgan fingerprint density at radius 2 is 2.21 bits per heavy atom. The highest BCUT2D eigenvalue weighted by Gasteiger charge is 2.38. The van der Waals surface area contributed by atoms with Crippen molar-refractivity contribution in [2.45, 2.75) is 18.9 Å². The van der Waals surface area contributed by atoms with E-state index in [0.717, 1.165) is 13.0 Å². The molecule has 0 spiro atoms. The number of carbonyl (C=O) groups excluding carboxylic acids is 1. The Bertz CT molecular complexity index is 492. The molecule has 1 aliphatic heterocycles. The zero-order valence-electron chi connectivity index (χ0n) is 11.5. The normalized spacial score (nSPS) is 24.2. The summed E-state index contributed by atoms with van der Waals surface area (Å²) in [6.07, 6.45) is 0.885. The quantitative estimate of drug-likeness (QED) is 0.882. The minimum atomic E-state index is -0.891. The molecule has 1 atom stereocenters. The van der Waals surface area contributed by atoms with Crippen LogP contribution in [0.4, 0.5) is 4.39 Å². The number of carbonyl (C=O) groups is 1. The van der Waals surface area contributed by atoms with Gasteiger partial charge in [-0.1, -0.05) is 6.07 Å². The summed E-state index contributed by atoms with van der Waals surface area (Å²) in [7, 11) is 3.19. The number of amides is 1. The average molecular weight is 266 g/mol. The number of nitrogens with zero attached hydrogens (tertiary/aromatic N) is 1. The van der Waals surface area contributed by atoms with Crippen LogP contribution in [-0.4, -0.2) is 38.1 Å². The Labute approximate surface area is 112 Å². The molecule has 1 fully saturated rings. The highest BCUT2D eigenvalue weighted by molar-refractivity contribution is 5.87. The van der Waals surface area contributed by atoms with Crippen molar-refractivity contribution < 1.29 is 13.9 Å². The summed E-state index contributed by atoms with van der Waals surface area (Å²) in [5.74, 6) is -0.320. The number of benzene rings is 1. The molecule has 1 amide bonds. The molecule has 1 N–H and O–H groups in total. The van der Waals surface area contributed by atoms with Gasteiger partial charge in [0.25, 0.3) is 0 Å². The highest BCUT2D eigenvalue weighted by atomic mass is 19.1. The lowest BCUT2D eigenvalue weighted by molar-refractivity contribution is -0.135. The van der Waals surface area contributed by atoms with Gasteiger partial charge >= 0.3 is 0 Å². The van der Waals surface area contributed by atoms with E-state index in [1.807, 2.05) is 0 Å². The third kappa shape index (κ3) is 2.42. The van der Waals surface area contributed by atoms with Crippen LogP contribution < -0.4 is 10.1 Å². The molecule has 1 aromatic carbocycles. The summed E-state index contributed by atoms with van der Waals surface area (Å²) < 4.78 is 18.7. The van der Waals surface area contributed by atoms with Crippen LogP contribution in [0, 0.1) is 5.82 Å². The Morgan fingerprint density at radius 1 is 1.47 bits per heavy atom. The molecule has 1 heterocycles. The maximum absolute atomic E-state index is 13.8. The van der Waals surface area contributed by atoms with E-state index < -0.39 is 11.4 Å². The van der Waals surface area contributed by atoms with E-state index in [9.17, 15) is 9.18 Å². The second-order valence-corrected chi connectivity index (χ2v) is 4.98. The summed E-state index contributed by atoms with van der Waals surface area (Å²) in [5, 5.41) is 3.22. The van der Waals surface area contributed by atoms with Gasteiger partial charge in [-0.2, -0.15) is 0 Å². The van der Waals surface area contributed by atoms with Gasteiger partial charge in [0.1, 0.15) is 5.54 Å². The van der Waals surface area contributed by atoms with Crippen LogP contribution in [0.2, 0.25) is 0 Å². The molecule has 2 rings (SSSR count). The number of hydrogen-bond donors (Lipinski definition) is 1. The molecule has 1 aliphatic rings. The molecule has 1 saturated heterocycles. The van der Waals surface area contributed by atoms with E-state index >= 15 is 0 Å². The SMILES string of the molecule is COc1ccc(C2(C)NCCCN(C)C2=O)cc1F. The van der Waals surface area contributed by atoms with Gasteiger partial charge in [0.15, 0.2) is 11.6 Å². The minimum absolute atomic E-state index is 0.0467. The fourth-order valence-corrected chi connectivity index (χ4v) is 2.42. The van der Waals surface area contributed by atoms with Gasteiger partial charge in [-0.25, -0.2) is 4.39 Å². The first-order valence-electron chi connectivity index (χ1n) is 6.33. The van der Waals surface area contributed by atoms with E-state index in [1.165, 1.54) is 13.2 Å². The van der Waals surface area contributed by atoms with Crippen LogP contribution in [0.3, 0.4) is 0 Å². The molecular weight excluding hydrogens is 247 g/mol. The second kappa shape index (κ2) is 5.17. The minimum Gasteiger partial charge on any atom is -0.494 e. The van der Waals surface area contributed by atoms with E-state index in [-0.39, 0.29) is 11.7 Å². The molecule has 0 saturated carbocycles. The van der Waals surface area contributed by atoms with Gasteiger partial charge in [-0.3, -0.25) is 10.1 Å². The van der Waals surface area contributed by atoms with Gasteiger partial charge in [-0.05, 0) is 37.6 Å². The highest BCUT2D eigenvalue weighted by Crippen LogP contribution is 2.28. The molecule has 0 aliphatic carbocycles. The predicted octanol–water partition coefficient (Wildman–Crippen LogP) is 1.50. The number of nitrogens with one attached hydrogen (secondary N) is 1. The number of rotatable bonds is 2. The molecule has 4 nitrogen and oxygen atoms in total. The van der Waals surface area contributed by atoms with Crippen molar-refractivity contribution in [3.63, 3.8) is 0 Å². The molecule has 5 heteroatoms. The number of methoxy groups -OCH3 is 1. The molecule has 19 heavy (non-hydrogen) atoms. The number of ether oxygens (including phenoxy) is 1. The van der Waals surface area contributed by atoms with Crippen molar-refractivity contribution in [2.75, 3.05) is 27.2 Å². The summed E-state index contributed by atoms with van der Waals surface area (Å²) in [5.41, 5.74) is -0.275. The monoisotopic (exact) mass is 266 g/mol. The summed E-state index contributed by atoms with van der Waals surface area (Å²) in [6, 6.07) is 4.64. The Kier molecular flexibility index (Phi) is 3.75. The van der Waals surface area contributed by atoms with E-state index in [1.54, 1.807) is 31.0 Å². The number of halogens is 1. The van der Waals surface area contributed by atoms with Gasteiger partial charge in [0, 0.05) is 13.6 Å². The van der Waals surface area contributed by atoms with Gasteiger partial charge in [0.05, 0.1) is 7.11 Å². The summed E-state index contributed by atoms with van der Waals surface area (Å²) >= 11 is 0. The van der Waals surface area contributed by atoms with Gasteiger partial charge in [0.2, 0.25) is 5.91 Å². The maximum Gasteiger partial charge on any atom is 0.246 e. The molecule has 1 aromatic rings. The molecule has 0 radical (unpaired) electrons. The third-order valence-corrected chi connectivity index (χ3v) is 3.65. The van der Waals surface area contributed by atoms with Crippen molar-refractivity contribution in [3.8, 4) is 5.75 Å². The number of likely N-dealkylation sites (N-methyl/N-ethyl adjacent to an activating group) is 1. The predicted molar refractivity (Wildman–Crippen MR) is 70.6 cm³/mol. The van der Waals surface area contributed by atoms with Crippen LogP contribution in [0.1, 0.15) is 18.9 Å². The molecule has 0 bridgehead atoms. The second-order valence-electron chi connectivity index (χ2n) is 4.98. The Balaban J connectivity index is 2.42. The maximum atomic E-state index is 13.8. The van der Waals surface area contributed by atoms with Crippen molar-refractivity contribution in [1.29, 1.82) is 0 Å². The van der Waals surface area contributed by atoms with Crippen molar-refractivity contribution in [2.24, 2.45) is 0 Å². The zero-order chi connectivity index (χ0) is 14.0. The first kappa shape index (κ1) is 13.8. The molecule has 0 aromatic heterocycles. The molecular formula is C14H19FN2O2. The van der Waals surface area contributed by atoms with Crippen molar-refractivity contribution in [3.05, 3.63) is 29.6 Å². The summed E-state index contributed by atoms with van der Waals surface area (Å²) in [4.78, 5) is 14.1. The molecule has 1 unspecified atom stereocenters. The van der Waals surface area contributed by atoms with E-state index in [0.29, 0.717) is 12.1 Å². The fraction of sp³-hybridized carbons (Fsp3) is 0.500. The van der Waals surface area contributed by atoms with Crippen LogP contribution in [0.5, 0.6) is 5.75 Å².